The predicted molar refractivity (Wildman–Crippen MR) is 137 cm³/mol. The first-order valence-corrected chi connectivity index (χ1v) is 12.3. The number of thioether (sulfide) groups is 1. The van der Waals surface area contributed by atoms with E-state index in [4.69, 9.17) is 19.3 Å². The highest BCUT2D eigenvalue weighted by Crippen LogP contribution is 2.37. The van der Waals surface area contributed by atoms with Gasteiger partial charge in [-0.25, -0.2) is 4.79 Å². The standard InChI is InChI=1S/C24H22INO8S/c1-13(2)34-20(27)11-26-22(28)19(35-24(26)31)10-15-8-17(25)21(18(9-15)32-3)33-12-14-4-6-16(7-5-14)23(29)30/h4-10,13H,11-12H2,1-3H3,(H,29,30)/b19-10+. The summed E-state index contributed by atoms with van der Waals surface area (Å²) in [6, 6.07) is 9.79. The zero-order valence-corrected chi connectivity index (χ0v) is 22.0. The number of carboxylic acid groups (broad SMARTS) is 1. The molecule has 1 N–H and O–H groups in total. The van der Waals surface area contributed by atoms with Gasteiger partial charge in [-0.2, -0.15) is 0 Å². The average molecular weight is 611 g/mol. The molecule has 0 radical (unpaired) electrons. The van der Waals surface area contributed by atoms with Crippen molar-refractivity contribution in [2.75, 3.05) is 13.7 Å². The lowest BCUT2D eigenvalue weighted by Crippen LogP contribution is -2.35. The predicted octanol–water partition coefficient (Wildman–Crippen LogP) is 4.56. The third-order valence-electron chi connectivity index (χ3n) is 4.66. The molecular formula is C24H22INO8S. The molecule has 0 saturated carbocycles. The first-order valence-electron chi connectivity index (χ1n) is 10.4. The summed E-state index contributed by atoms with van der Waals surface area (Å²) in [6.45, 7) is 3.12. The molecule has 184 valence electrons. The Morgan fingerprint density at radius 3 is 2.46 bits per heavy atom. The quantitative estimate of drug-likeness (QED) is 0.247. The molecule has 0 aliphatic carbocycles. The van der Waals surface area contributed by atoms with Crippen molar-refractivity contribution in [3.05, 3.63) is 61.6 Å². The summed E-state index contributed by atoms with van der Waals surface area (Å²) >= 11 is 2.82. The zero-order valence-electron chi connectivity index (χ0n) is 19.1. The number of esters is 1. The van der Waals surface area contributed by atoms with Crippen LogP contribution < -0.4 is 9.47 Å². The van der Waals surface area contributed by atoms with E-state index in [2.05, 4.69) is 22.6 Å². The molecule has 3 rings (SSSR count). The Morgan fingerprint density at radius 1 is 1.17 bits per heavy atom. The molecule has 9 nitrogen and oxygen atoms in total. The Kier molecular flexibility index (Phi) is 8.78. The number of carbonyl (C=O) groups excluding carboxylic acids is 3. The number of carbonyl (C=O) groups is 4. The van der Waals surface area contributed by atoms with E-state index in [1.165, 1.54) is 19.2 Å². The fourth-order valence-corrected chi connectivity index (χ4v) is 4.70. The molecule has 11 heteroatoms. The van der Waals surface area contributed by atoms with E-state index in [1.54, 1.807) is 44.2 Å². The number of imide groups is 1. The molecule has 0 bridgehead atoms. The Morgan fingerprint density at radius 2 is 1.86 bits per heavy atom. The number of halogens is 1. The molecular weight excluding hydrogens is 589 g/mol. The van der Waals surface area contributed by atoms with Crippen molar-refractivity contribution in [1.29, 1.82) is 0 Å². The van der Waals surface area contributed by atoms with Crippen LogP contribution in [0.25, 0.3) is 6.08 Å². The highest BCUT2D eigenvalue weighted by molar-refractivity contribution is 14.1. The topological polar surface area (TPSA) is 119 Å². The minimum atomic E-state index is -1.00. The maximum Gasteiger partial charge on any atom is 0.335 e. The van der Waals surface area contributed by atoms with Crippen LogP contribution in [-0.4, -0.2) is 52.8 Å². The van der Waals surface area contributed by atoms with E-state index in [0.29, 0.717) is 20.6 Å². The van der Waals surface area contributed by atoms with Crippen LogP contribution >= 0.6 is 34.4 Å². The number of nitrogens with zero attached hydrogens (tertiary/aromatic N) is 1. The number of aromatic carboxylic acids is 1. The fourth-order valence-electron chi connectivity index (χ4n) is 3.08. The molecule has 0 aromatic heterocycles. The lowest BCUT2D eigenvalue weighted by atomic mass is 10.1. The molecule has 1 aliphatic heterocycles. The molecule has 2 aromatic carbocycles. The number of methoxy groups -OCH3 is 1. The van der Waals surface area contributed by atoms with Crippen LogP contribution in [0.4, 0.5) is 4.79 Å². The van der Waals surface area contributed by atoms with Crippen molar-refractivity contribution in [3.8, 4) is 11.5 Å². The van der Waals surface area contributed by atoms with Gasteiger partial charge >= 0.3 is 11.9 Å². The lowest BCUT2D eigenvalue weighted by Gasteiger charge is -2.14. The van der Waals surface area contributed by atoms with Gasteiger partial charge < -0.3 is 19.3 Å². The summed E-state index contributed by atoms with van der Waals surface area (Å²) in [7, 11) is 1.48. The molecule has 0 unspecified atom stereocenters. The first-order chi connectivity index (χ1) is 16.6. The van der Waals surface area contributed by atoms with Crippen molar-refractivity contribution in [2.45, 2.75) is 26.6 Å². The minimum absolute atomic E-state index is 0.178. The summed E-state index contributed by atoms with van der Waals surface area (Å²) in [6.07, 6.45) is 1.20. The van der Waals surface area contributed by atoms with Crippen molar-refractivity contribution >= 4 is 63.5 Å². The normalized spacial score (nSPS) is 14.5. The molecule has 2 aromatic rings. The van der Waals surface area contributed by atoms with Gasteiger partial charge in [0.05, 0.1) is 27.3 Å². The van der Waals surface area contributed by atoms with E-state index in [-0.39, 0.29) is 23.2 Å². The van der Waals surface area contributed by atoms with E-state index < -0.39 is 29.6 Å². The smallest absolute Gasteiger partial charge is 0.335 e. The molecule has 1 fully saturated rings. The number of hydrogen-bond donors (Lipinski definition) is 1. The lowest BCUT2D eigenvalue weighted by molar-refractivity contribution is -0.149. The second kappa shape index (κ2) is 11.6. The molecule has 0 atom stereocenters. The van der Waals surface area contributed by atoms with Gasteiger partial charge in [0.1, 0.15) is 13.2 Å². The minimum Gasteiger partial charge on any atom is -0.493 e. The largest absolute Gasteiger partial charge is 0.493 e. The molecule has 1 aliphatic rings. The summed E-state index contributed by atoms with van der Waals surface area (Å²) in [5.41, 5.74) is 1.58. The van der Waals surface area contributed by atoms with Gasteiger partial charge in [-0.1, -0.05) is 12.1 Å². The third kappa shape index (κ3) is 6.75. The number of amides is 2. The summed E-state index contributed by atoms with van der Waals surface area (Å²) < 4.78 is 17.1. The van der Waals surface area contributed by atoms with E-state index in [1.807, 2.05) is 0 Å². The molecule has 2 amide bonds. The summed E-state index contributed by atoms with van der Waals surface area (Å²) in [5, 5.41) is 8.47. The zero-order chi connectivity index (χ0) is 25.7. The summed E-state index contributed by atoms with van der Waals surface area (Å²) in [4.78, 5) is 48.9. The Balaban J connectivity index is 1.76. The second-order valence-corrected chi connectivity index (χ2v) is 9.79. The van der Waals surface area contributed by atoms with Gasteiger partial charge in [0, 0.05) is 0 Å². The second-order valence-electron chi connectivity index (χ2n) is 7.63. The molecule has 1 heterocycles. The highest BCUT2D eigenvalue weighted by atomic mass is 127. The highest BCUT2D eigenvalue weighted by Gasteiger charge is 2.36. The van der Waals surface area contributed by atoms with Crippen LogP contribution in [-0.2, 0) is 20.9 Å². The van der Waals surface area contributed by atoms with Gasteiger partial charge in [-0.15, -0.1) is 0 Å². The maximum absolute atomic E-state index is 12.7. The van der Waals surface area contributed by atoms with Crippen LogP contribution in [0.15, 0.2) is 41.3 Å². The van der Waals surface area contributed by atoms with E-state index >= 15 is 0 Å². The summed E-state index contributed by atoms with van der Waals surface area (Å²) in [5.74, 6) is -1.32. The molecule has 35 heavy (non-hydrogen) atoms. The van der Waals surface area contributed by atoms with E-state index in [0.717, 1.165) is 22.2 Å². The van der Waals surface area contributed by atoms with Crippen molar-refractivity contribution < 1.29 is 38.5 Å². The number of ether oxygens (including phenoxy) is 3. The van der Waals surface area contributed by atoms with Crippen LogP contribution in [0.1, 0.15) is 35.3 Å². The molecule has 0 spiro atoms. The van der Waals surface area contributed by atoms with Crippen LogP contribution in [0, 0.1) is 3.57 Å². The van der Waals surface area contributed by atoms with Gasteiger partial charge in [0.15, 0.2) is 11.5 Å². The Labute approximate surface area is 219 Å². The van der Waals surface area contributed by atoms with Gasteiger partial charge in [-0.3, -0.25) is 19.3 Å². The first kappa shape index (κ1) is 26.5. The monoisotopic (exact) mass is 611 g/mol. The van der Waals surface area contributed by atoms with Crippen molar-refractivity contribution in [2.24, 2.45) is 0 Å². The number of rotatable bonds is 9. The van der Waals surface area contributed by atoms with Gasteiger partial charge in [0.2, 0.25) is 0 Å². The van der Waals surface area contributed by atoms with Gasteiger partial charge in [-0.05, 0) is 89.7 Å². The van der Waals surface area contributed by atoms with Gasteiger partial charge in [0.25, 0.3) is 11.1 Å². The average Bonchev–Trinajstić information content (AvgIpc) is 3.05. The Hall–Kier alpha value is -3.06. The van der Waals surface area contributed by atoms with Crippen LogP contribution in [0.2, 0.25) is 0 Å². The van der Waals surface area contributed by atoms with Crippen LogP contribution in [0.5, 0.6) is 11.5 Å². The van der Waals surface area contributed by atoms with Crippen LogP contribution in [0.3, 0.4) is 0 Å². The SMILES string of the molecule is COc1cc(/C=C2/SC(=O)N(CC(=O)OC(C)C)C2=O)cc(I)c1OCc1ccc(C(=O)O)cc1. The Bertz CT molecular complexity index is 1190. The molecule has 1 saturated heterocycles. The number of hydrogen-bond acceptors (Lipinski definition) is 8. The number of carboxylic acids is 1. The third-order valence-corrected chi connectivity index (χ3v) is 6.37. The van der Waals surface area contributed by atoms with Crippen molar-refractivity contribution in [3.63, 3.8) is 0 Å². The maximum atomic E-state index is 12.7. The van der Waals surface area contributed by atoms with E-state index in [9.17, 15) is 19.2 Å². The van der Waals surface area contributed by atoms with Crippen molar-refractivity contribution in [1.82, 2.24) is 4.90 Å². The fraction of sp³-hybridized carbons (Fsp3) is 0.250. The number of benzene rings is 2.